The molecule has 0 aliphatic rings. The molecule has 8 heteroatoms. The van der Waals surface area contributed by atoms with Gasteiger partial charge in [-0.3, -0.25) is 4.57 Å². The molecule has 0 aliphatic carbocycles. The number of rotatable bonds is 10. The highest BCUT2D eigenvalue weighted by atomic mass is 28.3. The van der Waals surface area contributed by atoms with Gasteiger partial charge in [-0.1, -0.05) is 86.1 Å². The third kappa shape index (κ3) is 7.97. The zero-order chi connectivity index (χ0) is 41.3. The van der Waals surface area contributed by atoms with E-state index in [4.69, 9.17) is 4.98 Å². The summed E-state index contributed by atoms with van der Waals surface area (Å²) in [6, 6.07) is 63.3. The summed E-state index contributed by atoms with van der Waals surface area (Å²) in [5, 5.41) is 21.8. The molecule has 0 saturated carbocycles. The fourth-order valence-electron chi connectivity index (χ4n) is 7.48. The highest BCUT2D eigenvalue weighted by molar-refractivity contribution is 6.89. The van der Waals surface area contributed by atoms with Gasteiger partial charge in [-0.25, -0.2) is 4.98 Å². The van der Waals surface area contributed by atoms with Gasteiger partial charge < -0.3 is 9.80 Å². The van der Waals surface area contributed by atoms with E-state index in [1.165, 1.54) is 10.4 Å². The SMILES string of the molecule is C[Si](C)(C)c1ccc(N(c2ccc(C#N)cc2)c2ccc(-c3nc4ccccc4n3-c3ccc(N(c4ccc(C#N)cc4)c4ccc([Si](C)(C)C)cc4)cc3)cc2)cc1. The predicted molar refractivity (Wildman–Crippen MR) is 251 cm³/mol. The Morgan fingerprint density at radius 1 is 0.441 bits per heavy atom. The summed E-state index contributed by atoms with van der Waals surface area (Å²) in [4.78, 5) is 9.66. The van der Waals surface area contributed by atoms with Gasteiger partial charge in [-0.2, -0.15) is 10.5 Å². The lowest BCUT2D eigenvalue weighted by Gasteiger charge is -2.27. The Kier molecular flexibility index (Phi) is 10.4. The number of fused-ring (bicyclic) bond motifs is 1. The smallest absolute Gasteiger partial charge is 0.145 e. The predicted octanol–water partition coefficient (Wildman–Crippen LogP) is 12.5. The molecule has 0 fully saturated rings. The molecule has 0 amide bonds. The summed E-state index contributed by atoms with van der Waals surface area (Å²) in [5.74, 6) is 0.848. The second-order valence-electron chi connectivity index (χ2n) is 16.9. The maximum absolute atomic E-state index is 9.51. The second-order valence-corrected chi connectivity index (χ2v) is 27.1. The van der Waals surface area contributed by atoms with Crippen molar-refractivity contribution >= 4 is 71.7 Å². The summed E-state index contributed by atoms with van der Waals surface area (Å²) in [6.45, 7) is 14.2. The Morgan fingerprint density at radius 2 is 0.797 bits per heavy atom. The number of imidazole rings is 1. The minimum Gasteiger partial charge on any atom is -0.311 e. The van der Waals surface area contributed by atoms with Crippen LogP contribution in [0.2, 0.25) is 39.3 Å². The molecule has 0 saturated heterocycles. The molecule has 8 rings (SSSR count). The van der Waals surface area contributed by atoms with Gasteiger partial charge >= 0.3 is 0 Å². The topological polar surface area (TPSA) is 71.9 Å². The number of nitrogens with zero attached hydrogens (tertiary/aromatic N) is 6. The minimum absolute atomic E-state index is 0.628. The summed E-state index contributed by atoms with van der Waals surface area (Å²) >= 11 is 0. The van der Waals surface area contributed by atoms with Gasteiger partial charge in [-0.15, -0.1) is 0 Å². The van der Waals surface area contributed by atoms with E-state index in [1.807, 2.05) is 54.6 Å². The number of hydrogen-bond donors (Lipinski definition) is 0. The van der Waals surface area contributed by atoms with Gasteiger partial charge in [0.2, 0.25) is 0 Å². The molecule has 0 unspecified atom stereocenters. The number of benzene rings is 7. The third-order valence-corrected chi connectivity index (χ3v) is 14.9. The van der Waals surface area contributed by atoms with Crippen LogP contribution in [0, 0.1) is 22.7 Å². The Morgan fingerprint density at radius 3 is 1.19 bits per heavy atom. The van der Waals surface area contributed by atoms with Crippen molar-refractivity contribution in [1.29, 1.82) is 10.5 Å². The molecule has 6 nitrogen and oxygen atoms in total. The number of para-hydroxylation sites is 2. The van der Waals surface area contributed by atoms with E-state index in [-0.39, 0.29) is 0 Å². The van der Waals surface area contributed by atoms with Crippen LogP contribution in [0.4, 0.5) is 34.1 Å². The molecule has 0 atom stereocenters. The molecular formula is C51H46N6Si2. The zero-order valence-corrected chi connectivity index (χ0v) is 36.3. The first kappa shape index (κ1) is 38.9. The third-order valence-electron chi connectivity index (χ3n) is 10.8. The number of anilines is 6. The molecule has 0 aliphatic heterocycles. The van der Waals surface area contributed by atoms with Gasteiger partial charge in [0.05, 0.1) is 50.4 Å². The molecule has 1 aromatic heterocycles. The molecular weight excluding hydrogens is 753 g/mol. The summed E-state index contributed by atoms with van der Waals surface area (Å²) in [6.07, 6.45) is 0. The summed E-state index contributed by atoms with van der Waals surface area (Å²) in [5.41, 5.74) is 11.3. The quantitative estimate of drug-likeness (QED) is 0.129. The average molecular weight is 799 g/mol. The van der Waals surface area contributed by atoms with Crippen LogP contribution in [-0.2, 0) is 0 Å². The molecule has 0 spiro atoms. The minimum atomic E-state index is -1.48. The number of nitriles is 2. The van der Waals surface area contributed by atoms with Crippen molar-refractivity contribution in [1.82, 2.24) is 9.55 Å². The van der Waals surface area contributed by atoms with E-state index < -0.39 is 16.1 Å². The number of aromatic nitrogens is 2. The molecule has 0 radical (unpaired) electrons. The van der Waals surface area contributed by atoms with E-state index >= 15 is 0 Å². The Hall–Kier alpha value is -6.98. The highest BCUT2D eigenvalue weighted by Crippen LogP contribution is 2.38. The molecule has 8 aromatic rings. The number of hydrogen-bond acceptors (Lipinski definition) is 5. The average Bonchev–Trinajstić information content (AvgIpc) is 3.64. The van der Waals surface area contributed by atoms with Crippen molar-refractivity contribution in [3.8, 4) is 29.2 Å². The van der Waals surface area contributed by atoms with Crippen LogP contribution in [0.5, 0.6) is 0 Å². The maximum Gasteiger partial charge on any atom is 0.145 e. The lowest BCUT2D eigenvalue weighted by atomic mass is 10.1. The van der Waals surface area contributed by atoms with Gasteiger partial charge in [0.15, 0.2) is 0 Å². The Labute approximate surface area is 349 Å². The van der Waals surface area contributed by atoms with Crippen LogP contribution < -0.4 is 20.2 Å². The summed E-state index contributed by atoms with van der Waals surface area (Å²) < 4.78 is 2.23. The summed E-state index contributed by atoms with van der Waals surface area (Å²) in [7, 11) is -2.96. The first-order valence-electron chi connectivity index (χ1n) is 19.9. The Bertz CT molecular complexity index is 2820. The van der Waals surface area contributed by atoms with Crippen LogP contribution in [0.25, 0.3) is 28.1 Å². The van der Waals surface area contributed by atoms with Crippen molar-refractivity contribution in [3.05, 3.63) is 181 Å². The molecule has 288 valence electrons. The molecule has 0 bridgehead atoms. The van der Waals surface area contributed by atoms with Crippen LogP contribution in [0.1, 0.15) is 11.1 Å². The van der Waals surface area contributed by atoms with E-state index in [0.717, 1.165) is 62.2 Å². The Balaban J connectivity index is 1.18. The van der Waals surface area contributed by atoms with Crippen molar-refractivity contribution in [2.75, 3.05) is 9.80 Å². The van der Waals surface area contributed by atoms with Crippen LogP contribution in [0.15, 0.2) is 170 Å². The van der Waals surface area contributed by atoms with Gasteiger partial charge in [0.1, 0.15) is 5.82 Å². The van der Waals surface area contributed by atoms with E-state index in [1.54, 1.807) is 0 Å². The van der Waals surface area contributed by atoms with Crippen molar-refractivity contribution in [2.24, 2.45) is 0 Å². The molecule has 1 heterocycles. The van der Waals surface area contributed by atoms with Crippen LogP contribution in [0.3, 0.4) is 0 Å². The molecule has 59 heavy (non-hydrogen) atoms. The fraction of sp³-hybridized carbons (Fsp3) is 0.118. The second kappa shape index (κ2) is 15.8. The van der Waals surface area contributed by atoms with E-state index in [0.29, 0.717) is 11.1 Å². The lowest BCUT2D eigenvalue weighted by molar-refractivity contribution is 1.10. The zero-order valence-electron chi connectivity index (χ0n) is 34.3. The molecule has 7 aromatic carbocycles. The first-order valence-corrected chi connectivity index (χ1v) is 26.9. The van der Waals surface area contributed by atoms with Gasteiger partial charge in [-0.05, 0) is 133 Å². The van der Waals surface area contributed by atoms with Crippen LogP contribution >= 0.6 is 0 Å². The first-order chi connectivity index (χ1) is 28.4. The normalized spacial score (nSPS) is 11.5. The monoisotopic (exact) mass is 798 g/mol. The molecule has 0 N–H and O–H groups in total. The van der Waals surface area contributed by atoms with Crippen molar-refractivity contribution < 1.29 is 0 Å². The van der Waals surface area contributed by atoms with Crippen molar-refractivity contribution in [3.63, 3.8) is 0 Å². The van der Waals surface area contributed by atoms with E-state index in [2.05, 4.69) is 181 Å². The van der Waals surface area contributed by atoms with Crippen molar-refractivity contribution in [2.45, 2.75) is 39.3 Å². The fourth-order valence-corrected chi connectivity index (χ4v) is 9.81. The largest absolute Gasteiger partial charge is 0.311 e. The maximum atomic E-state index is 9.51. The highest BCUT2D eigenvalue weighted by Gasteiger charge is 2.21. The van der Waals surface area contributed by atoms with Crippen LogP contribution in [-0.4, -0.2) is 25.7 Å². The van der Waals surface area contributed by atoms with Gasteiger partial charge in [0.25, 0.3) is 0 Å². The standard InChI is InChI=1S/C51H46N6Si2/c1-58(2,3)47-31-27-44(28-32-47)55(40-17-11-37(35-52)12-18-40)42-21-15-39(16-22-42)51-54-49-9-7-8-10-50(49)57(51)46-25-23-43(24-26-46)56(41-19-13-38(36-53)14-20-41)45-29-33-48(34-30-45)59(4,5)6/h7-34H,1-6H3. The van der Waals surface area contributed by atoms with Gasteiger partial charge in [0, 0.05) is 45.4 Å². The van der Waals surface area contributed by atoms with E-state index in [9.17, 15) is 10.5 Å². The lowest BCUT2D eigenvalue weighted by Crippen LogP contribution is -2.37.